The molecular formula is C14H19N3O2S. The van der Waals surface area contributed by atoms with Gasteiger partial charge in [0.15, 0.2) is 0 Å². The van der Waals surface area contributed by atoms with Gasteiger partial charge in [0, 0.05) is 26.2 Å². The molecule has 1 aliphatic heterocycles. The van der Waals surface area contributed by atoms with Gasteiger partial charge < -0.3 is 5.73 Å². The number of nitrogen functional groups attached to an aromatic ring is 1. The number of hydrogen-bond donors (Lipinski definition) is 1. The Hall–Kier alpha value is -1.55. The highest BCUT2D eigenvalue weighted by Gasteiger charge is 2.30. The molecule has 1 fully saturated rings. The van der Waals surface area contributed by atoms with E-state index in [0.29, 0.717) is 44.0 Å². The second-order valence-corrected chi connectivity index (χ2v) is 6.75. The van der Waals surface area contributed by atoms with Crippen LogP contribution in [0.2, 0.25) is 0 Å². The average Bonchev–Trinajstić information content (AvgIpc) is 2.39. The molecule has 1 saturated heterocycles. The minimum absolute atomic E-state index is 0.227. The molecule has 1 aliphatic rings. The Morgan fingerprint density at radius 3 is 2.50 bits per heavy atom. The number of nitrogens with two attached hydrogens (primary N) is 1. The standard InChI is InChI=1S/C14H19N3O2S/c1-3-7-16-8-10-17(11-9-16)20(18,19)14-12(2)5-4-6-13(14)15/h1,4-6H,7-11,15H2,2H3. The van der Waals surface area contributed by atoms with Crippen LogP contribution in [0.15, 0.2) is 23.1 Å². The van der Waals surface area contributed by atoms with Crippen molar-refractivity contribution in [2.24, 2.45) is 0 Å². The van der Waals surface area contributed by atoms with Crippen LogP contribution in [0.1, 0.15) is 5.56 Å². The molecule has 2 rings (SSSR count). The monoisotopic (exact) mass is 293 g/mol. The van der Waals surface area contributed by atoms with E-state index in [2.05, 4.69) is 10.8 Å². The Bertz CT molecular complexity index is 606. The highest BCUT2D eigenvalue weighted by atomic mass is 32.2. The normalized spacial score (nSPS) is 17.8. The molecule has 0 spiro atoms. The van der Waals surface area contributed by atoms with Crippen molar-refractivity contribution in [3.63, 3.8) is 0 Å². The number of nitrogens with zero attached hydrogens (tertiary/aromatic N) is 2. The molecule has 1 aromatic rings. The summed E-state index contributed by atoms with van der Waals surface area (Å²) in [6, 6.07) is 5.14. The molecule has 0 aromatic heterocycles. The summed E-state index contributed by atoms with van der Waals surface area (Å²) in [4.78, 5) is 2.29. The minimum Gasteiger partial charge on any atom is -0.398 e. The summed E-state index contributed by atoms with van der Waals surface area (Å²) in [7, 11) is -3.53. The van der Waals surface area contributed by atoms with E-state index in [4.69, 9.17) is 12.2 Å². The summed E-state index contributed by atoms with van der Waals surface area (Å²) < 4.78 is 26.8. The maximum atomic E-state index is 12.7. The van der Waals surface area contributed by atoms with Crippen LogP contribution < -0.4 is 5.73 Å². The zero-order chi connectivity index (χ0) is 14.8. The molecule has 108 valence electrons. The van der Waals surface area contributed by atoms with E-state index >= 15 is 0 Å². The minimum atomic E-state index is -3.53. The highest BCUT2D eigenvalue weighted by Crippen LogP contribution is 2.26. The molecule has 0 amide bonds. The van der Waals surface area contributed by atoms with Gasteiger partial charge in [0.2, 0.25) is 10.0 Å². The number of aryl methyl sites for hydroxylation is 1. The van der Waals surface area contributed by atoms with Gasteiger partial charge >= 0.3 is 0 Å². The van der Waals surface area contributed by atoms with Crippen molar-refractivity contribution in [3.8, 4) is 12.3 Å². The lowest BCUT2D eigenvalue weighted by atomic mass is 10.2. The Balaban J connectivity index is 2.23. The summed E-state index contributed by atoms with van der Waals surface area (Å²) in [5, 5.41) is 0. The number of hydrogen-bond acceptors (Lipinski definition) is 4. The predicted octanol–water partition coefficient (Wildman–Crippen LogP) is 0.517. The number of piperazine rings is 1. The highest BCUT2D eigenvalue weighted by molar-refractivity contribution is 7.89. The molecule has 2 N–H and O–H groups in total. The van der Waals surface area contributed by atoms with Gasteiger partial charge in [-0.1, -0.05) is 18.1 Å². The van der Waals surface area contributed by atoms with Crippen molar-refractivity contribution in [3.05, 3.63) is 23.8 Å². The fourth-order valence-corrected chi connectivity index (χ4v) is 4.16. The molecule has 6 heteroatoms. The summed E-state index contributed by atoms with van der Waals surface area (Å²) >= 11 is 0. The zero-order valence-electron chi connectivity index (χ0n) is 11.5. The molecule has 0 aliphatic carbocycles. The molecular weight excluding hydrogens is 274 g/mol. The van der Waals surface area contributed by atoms with Crippen LogP contribution >= 0.6 is 0 Å². The maximum Gasteiger partial charge on any atom is 0.245 e. The number of sulfonamides is 1. The smallest absolute Gasteiger partial charge is 0.245 e. The number of rotatable bonds is 3. The van der Waals surface area contributed by atoms with Gasteiger partial charge in [0.1, 0.15) is 4.90 Å². The average molecular weight is 293 g/mol. The van der Waals surface area contributed by atoms with E-state index in [1.807, 2.05) is 0 Å². The summed E-state index contributed by atoms with van der Waals surface area (Å²) in [6.45, 7) is 4.50. The maximum absolute atomic E-state index is 12.7. The molecule has 0 radical (unpaired) electrons. The number of benzene rings is 1. The summed E-state index contributed by atoms with van der Waals surface area (Å²) in [5.41, 5.74) is 6.83. The predicted molar refractivity (Wildman–Crippen MR) is 79.6 cm³/mol. The van der Waals surface area contributed by atoms with E-state index < -0.39 is 10.0 Å². The third-order valence-electron chi connectivity index (χ3n) is 3.49. The first-order chi connectivity index (χ1) is 9.46. The van der Waals surface area contributed by atoms with Crippen LogP contribution in [0.5, 0.6) is 0 Å². The van der Waals surface area contributed by atoms with Crippen LogP contribution in [0.25, 0.3) is 0 Å². The lowest BCUT2D eigenvalue weighted by Crippen LogP contribution is -2.48. The third kappa shape index (κ3) is 2.80. The van der Waals surface area contributed by atoms with Crippen LogP contribution in [0, 0.1) is 19.3 Å². The SMILES string of the molecule is C#CCN1CCN(S(=O)(=O)c2c(C)cccc2N)CC1. The summed E-state index contributed by atoms with van der Waals surface area (Å²) in [5.74, 6) is 2.58. The first kappa shape index (κ1) is 14.9. The van der Waals surface area contributed by atoms with E-state index in [0.717, 1.165) is 0 Å². The fourth-order valence-electron chi connectivity index (χ4n) is 2.41. The zero-order valence-corrected chi connectivity index (χ0v) is 12.4. The van der Waals surface area contributed by atoms with E-state index in [9.17, 15) is 8.42 Å². The van der Waals surface area contributed by atoms with E-state index in [-0.39, 0.29) is 4.90 Å². The van der Waals surface area contributed by atoms with Gasteiger partial charge in [-0.15, -0.1) is 6.42 Å². The largest absolute Gasteiger partial charge is 0.398 e. The Kier molecular flexibility index (Phi) is 4.33. The van der Waals surface area contributed by atoms with Gasteiger partial charge in [-0.2, -0.15) is 4.31 Å². The second kappa shape index (κ2) is 5.83. The third-order valence-corrected chi connectivity index (χ3v) is 5.60. The van der Waals surface area contributed by atoms with Crippen molar-refractivity contribution in [1.82, 2.24) is 9.21 Å². The fraction of sp³-hybridized carbons (Fsp3) is 0.429. The number of anilines is 1. The van der Waals surface area contributed by atoms with Crippen molar-refractivity contribution in [1.29, 1.82) is 0 Å². The van der Waals surface area contributed by atoms with E-state index in [1.54, 1.807) is 25.1 Å². The molecule has 1 aromatic carbocycles. The van der Waals surface area contributed by atoms with Gasteiger partial charge in [-0.25, -0.2) is 8.42 Å². The first-order valence-corrected chi connectivity index (χ1v) is 7.92. The van der Waals surface area contributed by atoms with Crippen molar-refractivity contribution >= 4 is 15.7 Å². The molecule has 0 atom stereocenters. The lowest BCUT2D eigenvalue weighted by molar-refractivity contribution is 0.207. The van der Waals surface area contributed by atoms with Crippen LogP contribution in [-0.4, -0.2) is 50.3 Å². The molecule has 1 heterocycles. The molecule has 5 nitrogen and oxygen atoms in total. The Labute approximate surface area is 120 Å². The van der Waals surface area contributed by atoms with Gasteiger partial charge in [-0.05, 0) is 18.6 Å². The quantitative estimate of drug-likeness (QED) is 0.651. The van der Waals surface area contributed by atoms with Crippen molar-refractivity contribution in [2.75, 3.05) is 38.5 Å². The number of terminal acetylenes is 1. The molecule has 20 heavy (non-hydrogen) atoms. The Morgan fingerprint density at radius 1 is 1.30 bits per heavy atom. The van der Waals surface area contributed by atoms with Crippen molar-refractivity contribution in [2.45, 2.75) is 11.8 Å². The Morgan fingerprint density at radius 2 is 1.95 bits per heavy atom. The topological polar surface area (TPSA) is 66.6 Å². The van der Waals surface area contributed by atoms with Crippen LogP contribution in [-0.2, 0) is 10.0 Å². The molecule has 0 saturated carbocycles. The summed E-state index contributed by atoms with van der Waals surface area (Å²) in [6.07, 6.45) is 5.27. The van der Waals surface area contributed by atoms with Crippen molar-refractivity contribution < 1.29 is 8.42 Å². The van der Waals surface area contributed by atoms with Crippen LogP contribution in [0.4, 0.5) is 5.69 Å². The van der Waals surface area contributed by atoms with Crippen LogP contribution in [0.3, 0.4) is 0 Å². The van der Waals surface area contributed by atoms with Gasteiger partial charge in [0.25, 0.3) is 0 Å². The molecule has 0 unspecified atom stereocenters. The van der Waals surface area contributed by atoms with Gasteiger partial charge in [-0.3, -0.25) is 4.90 Å². The molecule has 0 bridgehead atoms. The van der Waals surface area contributed by atoms with E-state index in [1.165, 1.54) is 4.31 Å². The first-order valence-electron chi connectivity index (χ1n) is 6.48. The second-order valence-electron chi connectivity index (χ2n) is 4.88. The van der Waals surface area contributed by atoms with Gasteiger partial charge in [0.05, 0.1) is 12.2 Å². The lowest BCUT2D eigenvalue weighted by Gasteiger charge is -2.33.